The highest BCUT2D eigenvalue weighted by atomic mass is 19.1. The van der Waals surface area contributed by atoms with E-state index in [1.165, 1.54) is 12.1 Å². The maximum atomic E-state index is 13.0. The van der Waals surface area contributed by atoms with Crippen molar-refractivity contribution < 1.29 is 9.18 Å². The summed E-state index contributed by atoms with van der Waals surface area (Å²) in [7, 11) is 0. The number of rotatable bonds is 3. The van der Waals surface area contributed by atoms with Gasteiger partial charge in [-0.1, -0.05) is 12.1 Å². The second kappa shape index (κ2) is 4.93. The lowest BCUT2D eigenvalue weighted by Crippen LogP contribution is -1.89. The number of aldehydes is 1. The van der Waals surface area contributed by atoms with Gasteiger partial charge in [-0.15, -0.1) is 0 Å². The molecule has 0 bridgehead atoms. The molecule has 0 aliphatic carbocycles. The molecule has 1 rings (SSSR count). The molecule has 14 heavy (non-hydrogen) atoms. The molecule has 3 heteroatoms. The molecule has 0 aromatic heterocycles. The van der Waals surface area contributed by atoms with Crippen molar-refractivity contribution in [1.29, 1.82) is 5.26 Å². The molecule has 0 heterocycles. The highest BCUT2D eigenvalue weighted by molar-refractivity contribution is 5.73. The molecule has 0 spiro atoms. The molecule has 0 aliphatic heterocycles. The minimum atomic E-state index is -0.394. The second-order valence-corrected chi connectivity index (χ2v) is 2.68. The fourth-order valence-corrected chi connectivity index (χ4v) is 1.07. The van der Waals surface area contributed by atoms with E-state index in [1.807, 2.05) is 6.07 Å². The fraction of sp³-hybridized carbons (Fsp3) is 0.0909. The molecule has 0 atom stereocenters. The van der Waals surface area contributed by atoms with E-state index in [-0.39, 0.29) is 6.42 Å². The molecule has 0 amide bonds. The van der Waals surface area contributed by atoms with E-state index >= 15 is 0 Å². The normalized spacial score (nSPS) is 10.0. The average molecular weight is 189 g/mol. The molecule has 0 fully saturated rings. The maximum Gasteiger partial charge on any atom is 0.142 e. The Morgan fingerprint density at radius 1 is 1.50 bits per heavy atom. The first-order valence-corrected chi connectivity index (χ1v) is 4.05. The first kappa shape index (κ1) is 10.1. The molecule has 0 aliphatic rings. The van der Waals surface area contributed by atoms with Crippen LogP contribution < -0.4 is 0 Å². The van der Waals surface area contributed by atoms with Gasteiger partial charge in [0.05, 0.1) is 12.5 Å². The quantitative estimate of drug-likeness (QED) is 0.539. The minimum Gasteiger partial charge on any atom is -0.299 e. The number of hydrogen-bond donors (Lipinski definition) is 0. The Balaban J connectivity index is 3.00. The Kier molecular flexibility index (Phi) is 3.57. The van der Waals surface area contributed by atoms with E-state index in [1.54, 1.807) is 18.2 Å². The SMILES string of the molecule is N#CCc1cc(C=CC=O)ccc1F. The van der Waals surface area contributed by atoms with Gasteiger partial charge in [0.1, 0.15) is 12.1 Å². The molecule has 0 radical (unpaired) electrons. The van der Waals surface area contributed by atoms with Gasteiger partial charge in [0, 0.05) is 5.56 Å². The van der Waals surface area contributed by atoms with Crippen LogP contribution >= 0.6 is 0 Å². The highest BCUT2D eigenvalue weighted by Crippen LogP contribution is 2.12. The van der Waals surface area contributed by atoms with Crippen LogP contribution in [0.5, 0.6) is 0 Å². The Hall–Kier alpha value is -1.95. The monoisotopic (exact) mass is 189 g/mol. The van der Waals surface area contributed by atoms with E-state index in [0.717, 1.165) is 0 Å². The van der Waals surface area contributed by atoms with Crippen molar-refractivity contribution in [1.82, 2.24) is 0 Å². The van der Waals surface area contributed by atoms with Gasteiger partial charge in [0.25, 0.3) is 0 Å². The van der Waals surface area contributed by atoms with Gasteiger partial charge in [-0.25, -0.2) is 4.39 Å². The van der Waals surface area contributed by atoms with Crippen molar-refractivity contribution >= 4 is 12.4 Å². The third-order valence-corrected chi connectivity index (χ3v) is 1.71. The number of carbonyl (C=O) groups is 1. The Morgan fingerprint density at radius 2 is 2.29 bits per heavy atom. The number of allylic oxidation sites excluding steroid dienone is 1. The summed E-state index contributed by atoms with van der Waals surface area (Å²) in [5.41, 5.74) is 1.06. The van der Waals surface area contributed by atoms with Crippen LogP contribution in [0, 0.1) is 17.1 Å². The number of carbonyl (C=O) groups excluding carboxylic acids is 1. The first-order valence-electron chi connectivity index (χ1n) is 4.05. The van der Waals surface area contributed by atoms with Crippen molar-refractivity contribution in [3.05, 3.63) is 41.2 Å². The lowest BCUT2D eigenvalue weighted by atomic mass is 10.1. The van der Waals surface area contributed by atoms with Crippen molar-refractivity contribution in [3.63, 3.8) is 0 Å². The Bertz CT molecular complexity index is 404. The number of benzene rings is 1. The van der Waals surface area contributed by atoms with Gasteiger partial charge in [-0.3, -0.25) is 4.79 Å². The summed E-state index contributed by atoms with van der Waals surface area (Å²) in [6.45, 7) is 0. The van der Waals surface area contributed by atoms with Crippen LogP contribution in [-0.4, -0.2) is 6.29 Å². The molecule has 0 N–H and O–H groups in total. The molecule has 1 aromatic rings. The van der Waals surface area contributed by atoms with Crippen LogP contribution in [0.1, 0.15) is 11.1 Å². The van der Waals surface area contributed by atoms with E-state index in [2.05, 4.69) is 0 Å². The van der Waals surface area contributed by atoms with Crippen molar-refractivity contribution in [2.24, 2.45) is 0 Å². The summed E-state index contributed by atoms with van der Waals surface area (Å²) in [4.78, 5) is 10.0. The zero-order chi connectivity index (χ0) is 10.4. The summed E-state index contributed by atoms with van der Waals surface area (Å²) < 4.78 is 13.0. The topological polar surface area (TPSA) is 40.9 Å². The molecule has 0 saturated heterocycles. The molecule has 0 unspecified atom stereocenters. The van der Waals surface area contributed by atoms with E-state index in [4.69, 9.17) is 5.26 Å². The van der Waals surface area contributed by atoms with Crippen molar-refractivity contribution in [3.8, 4) is 6.07 Å². The lowest BCUT2D eigenvalue weighted by molar-refractivity contribution is -0.104. The zero-order valence-electron chi connectivity index (χ0n) is 7.40. The van der Waals surface area contributed by atoms with Crippen LogP contribution in [0.4, 0.5) is 4.39 Å². The van der Waals surface area contributed by atoms with Crippen LogP contribution in [0.25, 0.3) is 6.08 Å². The molecule has 1 aromatic carbocycles. The predicted octanol–water partition coefficient (Wildman–Crippen LogP) is 2.10. The standard InChI is InChI=1S/C11H8FNO/c12-11-4-3-9(2-1-7-14)8-10(11)5-6-13/h1-4,7-8H,5H2. The molecule has 0 saturated carbocycles. The van der Waals surface area contributed by atoms with Crippen molar-refractivity contribution in [2.45, 2.75) is 6.42 Å². The fourth-order valence-electron chi connectivity index (χ4n) is 1.07. The van der Waals surface area contributed by atoms with Gasteiger partial charge in [-0.2, -0.15) is 5.26 Å². The maximum absolute atomic E-state index is 13.0. The largest absolute Gasteiger partial charge is 0.299 e. The summed E-state index contributed by atoms with van der Waals surface area (Å²) in [5.74, 6) is -0.394. The smallest absolute Gasteiger partial charge is 0.142 e. The van der Waals surface area contributed by atoms with Crippen LogP contribution in [0.2, 0.25) is 0 Å². The summed E-state index contributed by atoms with van der Waals surface area (Å²) in [6.07, 6.45) is 3.57. The average Bonchev–Trinajstić information content (AvgIpc) is 2.19. The van der Waals surface area contributed by atoms with Gasteiger partial charge < -0.3 is 0 Å². The lowest BCUT2D eigenvalue weighted by Gasteiger charge is -1.99. The van der Waals surface area contributed by atoms with Crippen LogP contribution in [0.15, 0.2) is 24.3 Å². The first-order chi connectivity index (χ1) is 6.77. The number of halogens is 1. The molecule has 70 valence electrons. The number of hydrogen-bond acceptors (Lipinski definition) is 2. The Labute approximate surface area is 81.3 Å². The van der Waals surface area contributed by atoms with Crippen LogP contribution in [-0.2, 0) is 11.2 Å². The summed E-state index contributed by atoms with van der Waals surface area (Å²) in [6, 6.07) is 6.27. The summed E-state index contributed by atoms with van der Waals surface area (Å²) >= 11 is 0. The second-order valence-electron chi connectivity index (χ2n) is 2.68. The highest BCUT2D eigenvalue weighted by Gasteiger charge is 2.01. The predicted molar refractivity (Wildman–Crippen MR) is 50.8 cm³/mol. The third-order valence-electron chi connectivity index (χ3n) is 1.71. The van der Waals surface area contributed by atoms with E-state index < -0.39 is 5.82 Å². The van der Waals surface area contributed by atoms with Gasteiger partial charge in [0.15, 0.2) is 0 Å². The zero-order valence-corrected chi connectivity index (χ0v) is 7.40. The molecular formula is C11H8FNO. The minimum absolute atomic E-state index is 0.0363. The molecular weight excluding hydrogens is 181 g/mol. The Morgan fingerprint density at radius 3 is 2.93 bits per heavy atom. The van der Waals surface area contributed by atoms with E-state index in [9.17, 15) is 9.18 Å². The number of nitriles is 1. The van der Waals surface area contributed by atoms with Gasteiger partial charge >= 0.3 is 0 Å². The van der Waals surface area contributed by atoms with Gasteiger partial charge in [-0.05, 0) is 23.8 Å². The van der Waals surface area contributed by atoms with Crippen LogP contribution in [0.3, 0.4) is 0 Å². The third kappa shape index (κ3) is 2.53. The van der Waals surface area contributed by atoms with Gasteiger partial charge in [0.2, 0.25) is 0 Å². The van der Waals surface area contributed by atoms with E-state index in [0.29, 0.717) is 17.4 Å². The number of nitrogens with zero attached hydrogens (tertiary/aromatic N) is 1. The molecule has 2 nitrogen and oxygen atoms in total. The summed E-state index contributed by atoms with van der Waals surface area (Å²) in [5, 5.41) is 8.42. The van der Waals surface area contributed by atoms with Crippen molar-refractivity contribution in [2.75, 3.05) is 0 Å².